The van der Waals surface area contributed by atoms with Gasteiger partial charge in [0.2, 0.25) is 0 Å². The van der Waals surface area contributed by atoms with Gasteiger partial charge in [-0.1, -0.05) is 30.3 Å². The predicted octanol–water partition coefficient (Wildman–Crippen LogP) is 3.65. The third kappa shape index (κ3) is 2.16. The molecule has 0 bridgehead atoms. The molecule has 1 heterocycles. The summed E-state index contributed by atoms with van der Waals surface area (Å²) in [6, 6.07) is 16.0. The van der Waals surface area contributed by atoms with Crippen molar-refractivity contribution in [3.63, 3.8) is 0 Å². The van der Waals surface area contributed by atoms with Crippen LogP contribution in [0.2, 0.25) is 0 Å². The number of rotatable bonds is 2. The predicted molar refractivity (Wildman–Crippen MR) is 76.9 cm³/mol. The summed E-state index contributed by atoms with van der Waals surface area (Å²) in [7, 11) is 0. The number of nitrogens with zero attached hydrogens (tertiary/aromatic N) is 2. The number of aromatic nitrogens is 1. The SMILES string of the molecule is O=c1[nH]c2ccccc2c(O)c1N=Nc1ccccc1. The molecule has 0 aliphatic heterocycles. The smallest absolute Gasteiger partial charge is 0.280 e. The fourth-order valence-electron chi connectivity index (χ4n) is 1.91. The Hall–Kier alpha value is -2.95. The minimum atomic E-state index is -0.471. The summed E-state index contributed by atoms with van der Waals surface area (Å²) >= 11 is 0. The van der Waals surface area contributed by atoms with Gasteiger partial charge in [-0.25, -0.2) is 0 Å². The minimum Gasteiger partial charge on any atom is -0.505 e. The molecule has 3 aromatic rings. The second kappa shape index (κ2) is 4.97. The van der Waals surface area contributed by atoms with E-state index >= 15 is 0 Å². The van der Waals surface area contributed by atoms with E-state index in [9.17, 15) is 9.90 Å². The molecule has 0 amide bonds. The van der Waals surface area contributed by atoms with Crippen LogP contribution in [0, 0.1) is 0 Å². The molecule has 0 saturated heterocycles. The number of para-hydroxylation sites is 1. The maximum Gasteiger partial charge on any atom is 0.280 e. The number of H-pyrrole nitrogens is 1. The quantitative estimate of drug-likeness (QED) is 0.694. The van der Waals surface area contributed by atoms with E-state index in [0.717, 1.165) is 0 Å². The van der Waals surface area contributed by atoms with Gasteiger partial charge in [-0.05, 0) is 24.3 Å². The molecule has 20 heavy (non-hydrogen) atoms. The van der Waals surface area contributed by atoms with Crippen LogP contribution in [0.1, 0.15) is 0 Å². The Morgan fingerprint density at radius 3 is 2.40 bits per heavy atom. The van der Waals surface area contributed by atoms with Crippen molar-refractivity contribution in [2.24, 2.45) is 10.2 Å². The van der Waals surface area contributed by atoms with E-state index in [0.29, 0.717) is 16.6 Å². The highest BCUT2D eigenvalue weighted by atomic mass is 16.3. The zero-order valence-electron chi connectivity index (χ0n) is 10.4. The fraction of sp³-hybridized carbons (Fsp3) is 0. The maximum absolute atomic E-state index is 11.9. The number of fused-ring (bicyclic) bond motifs is 1. The van der Waals surface area contributed by atoms with Crippen LogP contribution < -0.4 is 5.56 Å². The molecule has 1 aromatic heterocycles. The molecule has 0 atom stereocenters. The molecule has 0 spiro atoms. The van der Waals surface area contributed by atoms with E-state index in [1.807, 2.05) is 18.2 Å². The summed E-state index contributed by atoms with van der Waals surface area (Å²) in [5.41, 5.74) is 0.613. The highest BCUT2D eigenvalue weighted by Gasteiger charge is 2.10. The monoisotopic (exact) mass is 265 g/mol. The second-order valence-corrected chi connectivity index (χ2v) is 4.23. The lowest BCUT2D eigenvalue weighted by Gasteiger charge is -2.02. The number of pyridine rings is 1. The molecule has 0 fully saturated rings. The zero-order valence-corrected chi connectivity index (χ0v) is 10.4. The molecule has 0 radical (unpaired) electrons. The van der Waals surface area contributed by atoms with Gasteiger partial charge in [0.1, 0.15) is 0 Å². The molecule has 98 valence electrons. The van der Waals surface area contributed by atoms with Crippen molar-refractivity contribution in [1.29, 1.82) is 0 Å². The average Bonchev–Trinajstić information content (AvgIpc) is 2.48. The Kier molecular flexibility index (Phi) is 3.01. The third-order valence-corrected chi connectivity index (χ3v) is 2.89. The number of hydrogen-bond acceptors (Lipinski definition) is 4. The van der Waals surface area contributed by atoms with Crippen molar-refractivity contribution in [2.45, 2.75) is 0 Å². The van der Waals surface area contributed by atoms with Gasteiger partial charge in [0, 0.05) is 5.39 Å². The first-order valence-corrected chi connectivity index (χ1v) is 6.06. The molecule has 2 N–H and O–H groups in total. The Morgan fingerprint density at radius 1 is 0.900 bits per heavy atom. The topological polar surface area (TPSA) is 77.8 Å². The molecule has 5 heteroatoms. The molecule has 0 unspecified atom stereocenters. The van der Waals surface area contributed by atoms with Crippen molar-refractivity contribution in [2.75, 3.05) is 0 Å². The largest absolute Gasteiger partial charge is 0.505 e. The van der Waals surface area contributed by atoms with E-state index in [1.54, 1.807) is 36.4 Å². The van der Waals surface area contributed by atoms with E-state index in [2.05, 4.69) is 15.2 Å². The summed E-state index contributed by atoms with van der Waals surface area (Å²) in [5, 5.41) is 18.5. The second-order valence-electron chi connectivity index (χ2n) is 4.23. The molecule has 0 aliphatic carbocycles. The first kappa shape index (κ1) is 12.1. The fourth-order valence-corrected chi connectivity index (χ4v) is 1.91. The number of nitrogens with one attached hydrogen (secondary N) is 1. The van der Waals surface area contributed by atoms with Crippen molar-refractivity contribution in [1.82, 2.24) is 4.98 Å². The van der Waals surface area contributed by atoms with Crippen molar-refractivity contribution >= 4 is 22.3 Å². The van der Waals surface area contributed by atoms with Gasteiger partial charge in [0.05, 0.1) is 11.2 Å². The summed E-state index contributed by atoms with van der Waals surface area (Å²) in [6.45, 7) is 0. The van der Waals surface area contributed by atoms with Crippen LogP contribution in [0.3, 0.4) is 0 Å². The third-order valence-electron chi connectivity index (χ3n) is 2.89. The molecule has 0 aliphatic rings. The van der Waals surface area contributed by atoms with Gasteiger partial charge in [0.15, 0.2) is 11.4 Å². The molecule has 0 saturated carbocycles. The Labute approximate surface area is 114 Å². The average molecular weight is 265 g/mol. The number of hydrogen-bond donors (Lipinski definition) is 2. The van der Waals surface area contributed by atoms with Crippen LogP contribution in [0.15, 0.2) is 69.6 Å². The lowest BCUT2D eigenvalue weighted by atomic mass is 10.2. The summed E-state index contributed by atoms with van der Waals surface area (Å²) in [6.07, 6.45) is 0. The molecular weight excluding hydrogens is 254 g/mol. The van der Waals surface area contributed by atoms with E-state index < -0.39 is 5.56 Å². The zero-order chi connectivity index (χ0) is 13.9. The number of azo groups is 1. The van der Waals surface area contributed by atoms with Crippen LogP contribution in [0.5, 0.6) is 5.75 Å². The first-order chi connectivity index (χ1) is 9.75. The van der Waals surface area contributed by atoms with E-state index in [-0.39, 0.29) is 11.4 Å². The van der Waals surface area contributed by atoms with Crippen molar-refractivity contribution in [3.8, 4) is 5.75 Å². The number of aromatic amines is 1. The normalized spacial score (nSPS) is 11.2. The highest BCUT2D eigenvalue weighted by molar-refractivity contribution is 5.88. The van der Waals surface area contributed by atoms with Crippen molar-refractivity contribution in [3.05, 3.63) is 65.0 Å². The van der Waals surface area contributed by atoms with Crippen LogP contribution in [-0.4, -0.2) is 10.1 Å². The van der Waals surface area contributed by atoms with Crippen LogP contribution >= 0.6 is 0 Å². The molecular formula is C15H11N3O2. The van der Waals surface area contributed by atoms with Gasteiger partial charge in [-0.2, -0.15) is 5.11 Å². The first-order valence-electron chi connectivity index (χ1n) is 6.06. The maximum atomic E-state index is 11.9. The van der Waals surface area contributed by atoms with Gasteiger partial charge >= 0.3 is 0 Å². The van der Waals surface area contributed by atoms with Gasteiger partial charge in [-0.15, -0.1) is 5.11 Å². The van der Waals surface area contributed by atoms with E-state index in [1.165, 1.54) is 0 Å². The van der Waals surface area contributed by atoms with Crippen LogP contribution in [0.4, 0.5) is 11.4 Å². The Morgan fingerprint density at radius 2 is 1.60 bits per heavy atom. The lowest BCUT2D eigenvalue weighted by molar-refractivity contribution is 0.481. The van der Waals surface area contributed by atoms with Gasteiger partial charge < -0.3 is 10.1 Å². The molecule has 5 nitrogen and oxygen atoms in total. The van der Waals surface area contributed by atoms with Crippen LogP contribution in [0.25, 0.3) is 10.9 Å². The lowest BCUT2D eigenvalue weighted by Crippen LogP contribution is -2.04. The number of benzene rings is 2. The minimum absolute atomic E-state index is 0.0902. The highest BCUT2D eigenvalue weighted by Crippen LogP contribution is 2.30. The Bertz CT molecular complexity index is 839. The summed E-state index contributed by atoms with van der Waals surface area (Å²) < 4.78 is 0. The molecule has 2 aromatic carbocycles. The van der Waals surface area contributed by atoms with Crippen LogP contribution in [-0.2, 0) is 0 Å². The van der Waals surface area contributed by atoms with Crippen molar-refractivity contribution < 1.29 is 5.11 Å². The Balaban J connectivity index is 2.12. The standard InChI is InChI=1S/C15H11N3O2/c19-14-11-8-4-5-9-12(11)16-15(20)13(14)18-17-10-6-2-1-3-7-10/h1-9H,(H2,16,19,20). The number of aromatic hydroxyl groups is 1. The summed E-state index contributed by atoms with van der Waals surface area (Å²) in [4.78, 5) is 14.6. The van der Waals surface area contributed by atoms with E-state index in [4.69, 9.17) is 0 Å². The van der Waals surface area contributed by atoms with Gasteiger partial charge in [-0.3, -0.25) is 4.79 Å². The molecule has 3 rings (SSSR count). The van der Waals surface area contributed by atoms with Gasteiger partial charge in [0.25, 0.3) is 5.56 Å². The summed E-state index contributed by atoms with van der Waals surface area (Å²) in [5.74, 6) is -0.163.